The molecular formula is C32H40. The first-order valence-electron chi connectivity index (χ1n) is 12.2. The first-order chi connectivity index (χ1) is 15.0. The van der Waals surface area contributed by atoms with Gasteiger partial charge in [-0.25, -0.2) is 0 Å². The Bertz CT molecular complexity index is 1110. The lowest BCUT2D eigenvalue weighted by molar-refractivity contribution is 0.479. The second kappa shape index (κ2) is 7.91. The Morgan fingerprint density at radius 2 is 1.62 bits per heavy atom. The molecule has 0 spiro atoms. The first kappa shape index (κ1) is 22.8. The van der Waals surface area contributed by atoms with Crippen LogP contribution in [0.4, 0.5) is 0 Å². The van der Waals surface area contributed by atoms with Gasteiger partial charge in [0, 0.05) is 5.41 Å². The summed E-state index contributed by atoms with van der Waals surface area (Å²) < 4.78 is 0. The molecule has 1 atom stereocenters. The lowest BCUT2D eigenvalue weighted by Crippen LogP contribution is -2.30. The predicted octanol–water partition coefficient (Wildman–Crippen LogP) is 8.96. The van der Waals surface area contributed by atoms with Crippen LogP contribution in [-0.2, 0) is 22.7 Å². The average molecular weight is 425 g/mol. The summed E-state index contributed by atoms with van der Waals surface area (Å²) in [7, 11) is 0. The van der Waals surface area contributed by atoms with Gasteiger partial charge in [0.25, 0.3) is 0 Å². The number of rotatable bonds is 5. The molecule has 0 nitrogen and oxygen atoms in total. The maximum absolute atomic E-state index is 4.06. The van der Waals surface area contributed by atoms with Crippen molar-refractivity contribution < 1.29 is 0 Å². The van der Waals surface area contributed by atoms with E-state index in [1.54, 1.807) is 16.7 Å². The molecule has 2 aliphatic rings. The van der Waals surface area contributed by atoms with E-state index in [0.29, 0.717) is 0 Å². The number of fused-ring (bicyclic) bond motifs is 3. The van der Waals surface area contributed by atoms with Crippen LogP contribution in [-0.4, -0.2) is 0 Å². The van der Waals surface area contributed by atoms with Crippen molar-refractivity contribution in [2.75, 3.05) is 0 Å². The molecule has 0 aliphatic heterocycles. The Morgan fingerprint density at radius 1 is 0.906 bits per heavy atom. The zero-order valence-corrected chi connectivity index (χ0v) is 21.2. The van der Waals surface area contributed by atoms with E-state index >= 15 is 0 Å². The highest BCUT2D eigenvalue weighted by atomic mass is 14.4. The van der Waals surface area contributed by atoms with Gasteiger partial charge < -0.3 is 0 Å². The average Bonchev–Trinajstić information content (AvgIpc) is 3.37. The summed E-state index contributed by atoms with van der Waals surface area (Å²) in [5.74, 6) is 0. The van der Waals surface area contributed by atoms with Gasteiger partial charge in [-0.3, -0.25) is 0 Å². The maximum atomic E-state index is 4.06. The van der Waals surface area contributed by atoms with Crippen LogP contribution in [0.3, 0.4) is 0 Å². The standard InChI is InChI=1S/C32H40/c1-9-10-19-32(8,23-13-11-12-14-23)29-27-21-22-20-24(30(2,3)4)15-16-25(22)26(27)17-18-28(29)31(5,6)7/h9,11-13,15-18,20H,1,10,14,19,21H2,2-8H3. The van der Waals surface area contributed by atoms with E-state index in [2.05, 4.69) is 110 Å². The Balaban J connectivity index is 1.96. The van der Waals surface area contributed by atoms with Gasteiger partial charge >= 0.3 is 0 Å². The Labute approximate surface area is 196 Å². The van der Waals surface area contributed by atoms with Crippen LogP contribution < -0.4 is 0 Å². The van der Waals surface area contributed by atoms with Gasteiger partial charge in [0.15, 0.2) is 0 Å². The zero-order valence-electron chi connectivity index (χ0n) is 21.2. The zero-order chi connectivity index (χ0) is 23.3. The summed E-state index contributed by atoms with van der Waals surface area (Å²) in [6.07, 6.45) is 13.2. The lowest BCUT2D eigenvalue weighted by Gasteiger charge is -2.39. The van der Waals surface area contributed by atoms with E-state index in [0.717, 1.165) is 25.7 Å². The molecule has 0 amide bonds. The van der Waals surface area contributed by atoms with E-state index in [-0.39, 0.29) is 16.2 Å². The van der Waals surface area contributed by atoms with Crippen molar-refractivity contribution in [1.82, 2.24) is 0 Å². The molecule has 2 aliphatic carbocycles. The maximum Gasteiger partial charge on any atom is 0.0148 e. The summed E-state index contributed by atoms with van der Waals surface area (Å²) in [5, 5.41) is 0. The van der Waals surface area contributed by atoms with Crippen molar-refractivity contribution in [3.63, 3.8) is 0 Å². The largest absolute Gasteiger partial charge is 0.103 e. The van der Waals surface area contributed by atoms with Crippen molar-refractivity contribution in [1.29, 1.82) is 0 Å². The van der Waals surface area contributed by atoms with Crippen LogP contribution >= 0.6 is 0 Å². The minimum absolute atomic E-state index is 0.0144. The van der Waals surface area contributed by atoms with Crippen LogP contribution in [0.15, 0.2) is 66.8 Å². The minimum atomic E-state index is 0.0144. The molecule has 0 bridgehead atoms. The predicted molar refractivity (Wildman–Crippen MR) is 141 cm³/mol. The fourth-order valence-corrected chi connectivity index (χ4v) is 5.69. The second-order valence-corrected chi connectivity index (χ2v) is 12.0. The number of hydrogen-bond acceptors (Lipinski definition) is 0. The van der Waals surface area contributed by atoms with Crippen molar-refractivity contribution in [2.24, 2.45) is 0 Å². The molecule has 2 aromatic carbocycles. The van der Waals surface area contributed by atoms with Crippen LogP contribution in [0.1, 0.15) is 95.5 Å². The van der Waals surface area contributed by atoms with Crippen LogP contribution in [0.25, 0.3) is 11.1 Å². The van der Waals surface area contributed by atoms with Gasteiger partial charge in [0.1, 0.15) is 0 Å². The smallest absolute Gasteiger partial charge is 0.0148 e. The van der Waals surface area contributed by atoms with E-state index in [1.807, 2.05) is 0 Å². The topological polar surface area (TPSA) is 0 Å². The van der Waals surface area contributed by atoms with Crippen molar-refractivity contribution >= 4 is 0 Å². The van der Waals surface area contributed by atoms with Crippen molar-refractivity contribution in [3.05, 3.63) is 94.6 Å². The van der Waals surface area contributed by atoms with Crippen LogP contribution in [0, 0.1) is 0 Å². The Hall–Kier alpha value is -2.34. The highest BCUT2D eigenvalue weighted by Gasteiger charge is 2.39. The molecule has 0 N–H and O–H groups in total. The number of allylic oxidation sites excluding steroid dienone is 5. The lowest BCUT2D eigenvalue weighted by atomic mass is 9.65. The Kier molecular flexibility index (Phi) is 5.64. The molecule has 0 radical (unpaired) electrons. The van der Waals surface area contributed by atoms with E-state index in [1.165, 1.54) is 27.8 Å². The summed E-state index contributed by atoms with van der Waals surface area (Å²) in [6, 6.07) is 12.0. The third kappa shape index (κ3) is 3.83. The van der Waals surface area contributed by atoms with Crippen molar-refractivity contribution in [3.8, 4) is 11.1 Å². The van der Waals surface area contributed by atoms with E-state index in [9.17, 15) is 0 Å². The summed E-state index contributed by atoms with van der Waals surface area (Å²) in [4.78, 5) is 0. The molecule has 0 saturated carbocycles. The van der Waals surface area contributed by atoms with Gasteiger partial charge in [-0.15, -0.1) is 6.58 Å². The van der Waals surface area contributed by atoms with E-state index < -0.39 is 0 Å². The molecule has 1 unspecified atom stereocenters. The fourth-order valence-electron chi connectivity index (χ4n) is 5.69. The third-order valence-corrected chi connectivity index (χ3v) is 7.63. The van der Waals surface area contributed by atoms with Gasteiger partial charge in [-0.2, -0.15) is 0 Å². The molecule has 32 heavy (non-hydrogen) atoms. The highest BCUT2D eigenvalue weighted by Crippen LogP contribution is 2.51. The molecule has 0 fully saturated rings. The van der Waals surface area contributed by atoms with Crippen LogP contribution in [0.2, 0.25) is 0 Å². The molecule has 0 heterocycles. The normalized spacial score (nSPS) is 17.0. The molecule has 4 rings (SSSR count). The van der Waals surface area contributed by atoms with Gasteiger partial charge in [-0.1, -0.05) is 109 Å². The Morgan fingerprint density at radius 3 is 2.22 bits per heavy atom. The van der Waals surface area contributed by atoms with Crippen LogP contribution in [0.5, 0.6) is 0 Å². The molecule has 2 aromatic rings. The summed E-state index contributed by atoms with van der Waals surface area (Å²) in [6.45, 7) is 20.6. The first-order valence-corrected chi connectivity index (χ1v) is 12.2. The molecular weight excluding hydrogens is 384 g/mol. The second-order valence-electron chi connectivity index (χ2n) is 12.0. The van der Waals surface area contributed by atoms with E-state index in [4.69, 9.17) is 0 Å². The van der Waals surface area contributed by atoms with Gasteiger partial charge in [0.05, 0.1) is 0 Å². The summed E-state index contributed by atoms with van der Waals surface area (Å²) >= 11 is 0. The van der Waals surface area contributed by atoms with Crippen molar-refractivity contribution in [2.45, 2.75) is 90.4 Å². The number of benzene rings is 2. The third-order valence-electron chi connectivity index (χ3n) is 7.63. The summed E-state index contributed by atoms with van der Waals surface area (Å²) in [5.41, 5.74) is 12.2. The van der Waals surface area contributed by atoms with Gasteiger partial charge in [0.2, 0.25) is 0 Å². The molecule has 0 aromatic heterocycles. The molecule has 0 heteroatoms. The fraction of sp³-hybridized carbons (Fsp3) is 0.438. The van der Waals surface area contributed by atoms with Gasteiger partial charge in [-0.05, 0) is 75.5 Å². The highest BCUT2D eigenvalue weighted by molar-refractivity contribution is 5.80. The monoisotopic (exact) mass is 424 g/mol. The quantitative estimate of drug-likeness (QED) is 0.358. The molecule has 0 saturated heterocycles. The minimum Gasteiger partial charge on any atom is -0.103 e. The SMILES string of the molecule is C=CCCC(C)(C1=CC=CC1)c1c(C(C)(C)C)ccc2c1Cc1cc(C(C)(C)C)ccc1-2. The number of hydrogen-bond donors (Lipinski definition) is 0. The molecule has 168 valence electrons.